The van der Waals surface area contributed by atoms with Gasteiger partial charge in [0.1, 0.15) is 11.5 Å². The van der Waals surface area contributed by atoms with Crippen LogP contribution < -0.4 is 14.8 Å². The fourth-order valence-corrected chi connectivity index (χ4v) is 6.85. The van der Waals surface area contributed by atoms with Gasteiger partial charge in [-0.25, -0.2) is 4.98 Å². The Morgan fingerprint density at radius 3 is 2.51 bits per heavy atom. The topological polar surface area (TPSA) is 84.8 Å². The van der Waals surface area contributed by atoms with E-state index in [1.54, 1.807) is 37.3 Å². The summed E-state index contributed by atoms with van der Waals surface area (Å²) in [5, 5.41) is 4.78. The van der Waals surface area contributed by atoms with Crippen LogP contribution in [0.15, 0.2) is 85.1 Å². The lowest BCUT2D eigenvalue weighted by molar-refractivity contribution is 0.0778. The van der Waals surface area contributed by atoms with Gasteiger partial charge in [-0.1, -0.05) is 47.5 Å². The van der Waals surface area contributed by atoms with Crippen molar-refractivity contribution in [3.05, 3.63) is 112 Å². The van der Waals surface area contributed by atoms with Crippen LogP contribution >= 0.6 is 23.2 Å². The van der Waals surface area contributed by atoms with Gasteiger partial charge in [0.2, 0.25) is 5.95 Å². The molecular formula is C38H42Cl2N6O3. The van der Waals surface area contributed by atoms with Crippen molar-refractivity contribution < 1.29 is 14.3 Å². The molecule has 0 radical (unpaired) electrons. The van der Waals surface area contributed by atoms with Gasteiger partial charge in [0.15, 0.2) is 0 Å². The number of hydrogen-bond donors (Lipinski definition) is 1. The molecule has 0 saturated carbocycles. The van der Waals surface area contributed by atoms with Crippen molar-refractivity contribution >= 4 is 46.1 Å². The third-order valence-corrected chi connectivity index (χ3v) is 10.0. The highest BCUT2D eigenvalue weighted by molar-refractivity contribution is 6.42. The number of pyridine rings is 1. The number of nitrogens with zero attached hydrogens (tertiary/aromatic N) is 5. The van der Waals surface area contributed by atoms with Crippen LogP contribution in [0.5, 0.6) is 11.5 Å². The van der Waals surface area contributed by atoms with Crippen LogP contribution in [-0.4, -0.2) is 83.7 Å². The van der Waals surface area contributed by atoms with Crippen molar-refractivity contribution in [3.63, 3.8) is 0 Å². The average Bonchev–Trinajstić information content (AvgIpc) is 3.47. The molecule has 1 atom stereocenters. The zero-order valence-electron chi connectivity index (χ0n) is 28.1. The number of hydrogen-bond acceptors (Lipinski definition) is 7. The van der Waals surface area contributed by atoms with Crippen LogP contribution in [-0.2, 0) is 6.54 Å². The number of nitrogens with one attached hydrogen (secondary N) is 1. The second-order valence-corrected chi connectivity index (χ2v) is 13.3. The highest BCUT2D eigenvalue weighted by atomic mass is 35.5. The van der Waals surface area contributed by atoms with E-state index in [2.05, 4.69) is 38.0 Å². The quantitative estimate of drug-likeness (QED) is 0.135. The third kappa shape index (κ3) is 8.29. The number of rotatable bonds is 13. The number of carbonyl (C=O) groups excluding carboxylic acids is 1. The van der Waals surface area contributed by atoms with Crippen molar-refractivity contribution in [1.29, 1.82) is 0 Å². The smallest absolute Gasteiger partial charge is 0.257 e. The molecule has 2 aromatic heterocycles. The van der Waals surface area contributed by atoms with Gasteiger partial charge in [-0.15, -0.1) is 0 Å². The summed E-state index contributed by atoms with van der Waals surface area (Å²) in [5.41, 5.74) is 4.60. The molecule has 49 heavy (non-hydrogen) atoms. The molecule has 1 N–H and O–H groups in total. The summed E-state index contributed by atoms with van der Waals surface area (Å²) in [6.45, 7) is 3.98. The van der Waals surface area contributed by atoms with Crippen LogP contribution in [0, 0.1) is 0 Å². The minimum Gasteiger partial charge on any atom is -0.497 e. The summed E-state index contributed by atoms with van der Waals surface area (Å²) in [5.74, 6) is 1.92. The Kier molecular flexibility index (Phi) is 11.2. The number of para-hydroxylation sites is 2. The summed E-state index contributed by atoms with van der Waals surface area (Å²) in [6, 6.07) is 25.6. The number of likely N-dealkylation sites (N-methyl/N-ethyl adjacent to an activating group) is 1. The number of benzene rings is 3. The first-order valence-electron chi connectivity index (χ1n) is 16.6. The molecule has 0 spiro atoms. The zero-order chi connectivity index (χ0) is 34.3. The first-order chi connectivity index (χ1) is 23.8. The molecule has 11 heteroatoms. The summed E-state index contributed by atoms with van der Waals surface area (Å²) in [7, 11) is 4.97. The van der Waals surface area contributed by atoms with Gasteiger partial charge in [0.25, 0.3) is 5.91 Å². The Labute approximate surface area is 297 Å². The number of fused-ring (bicyclic) bond motifs is 1. The Morgan fingerprint density at radius 1 is 0.980 bits per heavy atom. The maximum absolute atomic E-state index is 13.6. The third-order valence-electron chi connectivity index (χ3n) is 9.31. The minimum atomic E-state index is -0.120. The number of amides is 1. The molecule has 9 nitrogen and oxygen atoms in total. The molecule has 0 aliphatic carbocycles. The largest absolute Gasteiger partial charge is 0.497 e. The lowest BCUT2D eigenvalue weighted by Crippen LogP contribution is -2.40. The van der Waals surface area contributed by atoms with Crippen LogP contribution in [0.3, 0.4) is 0 Å². The first kappa shape index (κ1) is 34.5. The number of carbonyl (C=O) groups is 1. The van der Waals surface area contributed by atoms with Crippen LogP contribution in [0.25, 0.3) is 11.0 Å². The van der Waals surface area contributed by atoms with Gasteiger partial charge in [0.05, 0.1) is 53.1 Å². The summed E-state index contributed by atoms with van der Waals surface area (Å²) in [4.78, 5) is 27.4. The van der Waals surface area contributed by atoms with E-state index in [1.807, 2.05) is 55.7 Å². The van der Waals surface area contributed by atoms with Crippen LogP contribution in [0.4, 0.5) is 5.95 Å². The van der Waals surface area contributed by atoms with Gasteiger partial charge < -0.3 is 29.2 Å². The predicted octanol–water partition coefficient (Wildman–Crippen LogP) is 7.63. The lowest BCUT2D eigenvalue weighted by Gasteiger charge is -2.34. The van der Waals surface area contributed by atoms with E-state index in [0.717, 1.165) is 67.1 Å². The Hall–Kier alpha value is -4.31. The molecule has 1 aliphatic heterocycles. The molecule has 0 bridgehead atoms. The van der Waals surface area contributed by atoms with E-state index in [4.69, 9.17) is 37.7 Å². The maximum Gasteiger partial charge on any atom is 0.257 e. The minimum absolute atomic E-state index is 0.0512. The van der Waals surface area contributed by atoms with Crippen molar-refractivity contribution in [3.8, 4) is 11.5 Å². The van der Waals surface area contributed by atoms with E-state index in [1.165, 1.54) is 0 Å². The van der Waals surface area contributed by atoms with Crippen molar-refractivity contribution in [2.24, 2.45) is 0 Å². The average molecular weight is 702 g/mol. The number of halogens is 2. The van der Waals surface area contributed by atoms with E-state index >= 15 is 0 Å². The second-order valence-electron chi connectivity index (χ2n) is 12.5. The van der Waals surface area contributed by atoms with Gasteiger partial charge in [-0.2, -0.15) is 0 Å². The SMILES string of the molecule is COc1ccc(C(=O)N(C)CC(CCN2CCC(Nc3nc4ccccc4n3Cc3ccccn3)CC2)c2ccc(Cl)c(Cl)c2)c(OC)c1. The van der Waals surface area contributed by atoms with E-state index < -0.39 is 0 Å². The number of ether oxygens (including phenoxy) is 2. The summed E-state index contributed by atoms with van der Waals surface area (Å²) in [6.07, 6.45) is 4.68. The van der Waals surface area contributed by atoms with Gasteiger partial charge >= 0.3 is 0 Å². The predicted molar refractivity (Wildman–Crippen MR) is 196 cm³/mol. The van der Waals surface area contributed by atoms with Crippen molar-refractivity contribution in [2.75, 3.05) is 52.8 Å². The Bertz CT molecular complexity index is 1880. The maximum atomic E-state index is 13.6. The molecule has 1 amide bonds. The fourth-order valence-electron chi connectivity index (χ4n) is 6.55. The second kappa shape index (κ2) is 15.9. The lowest BCUT2D eigenvalue weighted by atomic mass is 9.94. The number of methoxy groups -OCH3 is 2. The molecule has 1 unspecified atom stereocenters. The molecule has 1 saturated heterocycles. The normalized spacial score (nSPS) is 14.5. The van der Waals surface area contributed by atoms with E-state index in [-0.39, 0.29) is 11.8 Å². The monoisotopic (exact) mass is 700 g/mol. The molecular weight excluding hydrogens is 659 g/mol. The summed E-state index contributed by atoms with van der Waals surface area (Å²) >= 11 is 12.7. The molecule has 5 aromatic rings. The number of imidazole rings is 1. The molecule has 256 valence electrons. The number of likely N-dealkylation sites (tertiary alicyclic amines) is 1. The molecule has 3 heterocycles. The van der Waals surface area contributed by atoms with Gasteiger partial charge in [0, 0.05) is 50.9 Å². The van der Waals surface area contributed by atoms with Crippen LogP contribution in [0.1, 0.15) is 46.8 Å². The molecule has 1 aliphatic rings. The van der Waals surface area contributed by atoms with Gasteiger partial charge in [-0.3, -0.25) is 9.78 Å². The van der Waals surface area contributed by atoms with Gasteiger partial charge in [-0.05, 0) is 79.9 Å². The van der Waals surface area contributed by atoms with Crippen LogP contribution in [0.2, 0.25) is 10.0 Å². The number of anilines is 1. The molecule has 6 rings (SSSR count). The van der Waals surface area contributed by atoms with Crippen molar-refractivity contribution in [2.45, 2.75) is 37.8 Å². The highest BCUT2D eigenvalue weighted by Gasteiger charge is 2.25. The standard InChI is InChI=1S/C38H42Cl2N6O3/c1-44(37(47)31-13-12-30(48-2)23-36(31)49-3)24-27(26-11-14-32(39)33(40)22-26)15-19-45-20-16-28(17-21-45)42-38-43-34-9-4-5-10-35(34)46(38)25-29-8-6-7-18-41-29/h4-14,18,22-23,27-28H,15-17,19-21,24-25H2,1-3H3,(H,42,43). The zero-order valence-corrected chi connectivity index (χ0v) is 29.6. The summed E-state index contributed by atoms with van der Waals surface area (Å²) < 4.78 is 13.1. The molecule has 1 fully saturated rings. The number of piperidine rings is 1. The Balaban J connectivity index is 1.10. The van der Waals surface area contributed by atoms with Crippen molar-refractivity contribution in [1.82, 2.24) is 24.3 Å². The molecule has 3 aromatic carbocycles. The van der Waals surface area contributed by atoms with E-state index in [9.17, 15) is 4.79 Å². The first-order valence-corrected chi connectivity index (χ1v) is 17.3. The highest BCUT2D eigenvalue weighted by Crippen LogP contribution is 2.31. The van der Waals surface area contributed by atoms with E-state index in [0.29, 0.717) is 46.2 Å². The fraction of sp³-hybridized carbons (Fsp3) is 0.342. The Morgan fingerprint density at radius 2 is 1.78 bits per heavy atom. The number of aromatic nitrogens is 3.